The second kappa shape index (κ2) is 5.50. The van der Waals surface area contributed by atoms with Gasteiger partial charge >= 0.3 is 0 Å². The predicted molar refractivity (Wildman–Crippen MR) is 61.8 cm³/mol. The Labute approximate surface area is 98.2 Å². The van der Waals surface area contributed by atoms with Crippen molar-refractivity contribution >= 4 is 34.8 Å². The van der Waals surface area contributed by atoms with Crippen LogP contribution in [0.3, 0.4) is 0 Å². The van der Waals surface area contributed by atoms with Gasteiger partial charge in [-0.2, -0.15) is 0 Å². The molecule has 0 aliphatic rings. The van der Waals surface area contributed by atoms with Crippen molar-refractivity contribution < 1.29 is 4.74 Å². The molecule has 0 aliphatic heterocycles. The summed E-state index contributed by atoms with van der Waals surface area (Å²) in [5.41, 5.74) is 0.794. The minimum Gasteiger partial charge on any atom is -0.488 e. The molecule has 1 aromatic rings. The molecule has 1 aromatic carbocycles. The fourth-order valence-corrected chi connectivity index (χ4v) is 1.24. The van der Waals surface area contributed by atoms with E-state index >= 15 is 0 Å². The highest BCUT2D eigenvalue weighted by atomic mass is 35.5. The topological polar surface area (TPSA) is 9.23 Å². The van der Waals surface area contributed by atoms with Crippen molar-refractivity contribution in [3.05, 3.63) is 40.4 Å². The van der Waals surface area contributed by atoms with Crippen LogP contribution in [0.4, 0.5) is 0 Å². The Morgan fingerprint density at radius 2 is 2.07 bits per heavy atom. The zero-order valence-electron chi connectivity index (χ0n) is 7.40. The average molecular weight is 252 g/mol. The molecule has 1 rings (SSSR count). The van der Waals surface area contributed by atoms with Crippen LogP contribution in [0.25, 0.3) is 0 Å². The summed E-state index contributed by atoms with van der Waals surface area (Å²) in [5.74, 6) is 0.920. The van der Waals surface area contributed by atoms with Crippen LogP contribution in [0.1, 0.15) is 0 Å². The van der Waals surface area contributed by atoms with Gasteiger partial charge in [0.1, 0.15) is 17.4 Å². The van der Waals surface area contributed by atoms with E-state index in [1.54, 1.807) is 18.2 Å². The molecule has 0 bridgehead atoms. The summed E-state index contributed by atoms with van der Waals surface area (Å²) < 4.78 is 5.37. The van der Waals surface area contributed by atoms with Gasteiger partial charge in [0.25, 0.3) is 0 Å². The number of ether oxygens (including phenoxy) is 1. The Kier molecular flexibility index (Phi) is 4.59. The van der Waals surface area contributed by atoms with E-state index in [-0.39, 0.29) is 0 Å². The highest BCUT2D eigenvalue weighted by Gasteiger charge is 2.05. The molecule has 0 spiro atoms. The number of hydrogen-bond acceptors (Lipinski definition) is 1. The number of hydrogen-bond donors (Lipinski definition) is 0. The highest BCUT2D eigenvalue weighted by Crippen LogP contribution is 2.31. The second-order valence-corrected chi connectivity index (χ2v) is 3.78. The summed E-state index contributed by atoms with van der Waals surface area (Å²) in [6.45, 7) is 4.06. The molecule has 1 nitrogen and oxygen atoms in total. The largest absolute Gasteiger partial charge is 0.488 e. The fourth-order valence-electron chi connectivity index (χ4n) is 0.814. The maximum Gasteiger partial charge on any atom is 0.139 e. The van der Waals surface area contributed by atoms with Gasteiger partial charge in [0, 0.05) is 5.88 Å². The summed E-state index contributed by atoms with van der Waals surface area (Å²) >= 11 is 17.3. The lowest BCUT2D eigenvalue weighted by Crippen LogP contribution is -2.01. The number of halogens is 3. The van der Waals surface area contributed by atoms with Crippen molar-refractivity contribution in [1.29, 1.82) is 0 Å². The molecule has 0 saturated carbocycles. The van der Waals surface area contributed by atoms with Crippen LogP contribution in [0.2, 0.25) is 10.0 Å². The standard InChI is InChI=1S/C10H9Cl3O/c1-7(5-11)6-14-9-4-2-3-8(12)10(9)13/h2-4H,1,5-6H2. The third-order valence-electron chi connectivity index (χ3n) is 1.54. The van der Waals surface area contributed by atoms with Gasteiger partial charge in [-0.3, -0.25) is 0 Å². The number of alkyl halides is 1. The van der Waals surface area contributed by atoms with Crippen LogP contribution < -0.4 is 4.74 Å². The number of rotatable bonds is 4. The van der Waals surface area contributed by atoms with E-state index in [0.29, 0.717) is 28.3 Å². The van der Waals surface area contributed by atoms with Crippen molar-refractivity contribution in [2.24, 2.45) is 0 Å². The zero-order valence-corrected chi connectivity index (χ0v) is 9.66. The first-order valence-electron chi connectivity index (χ1n) is 3.94. The smallest absolute Gasteiger partial charge is 0.139 e. The van der Waals surface area contributed by atoms with Gasteiger partial charge in [-0.05, 0) is 17.7 Å². The molecule has 76 valence electrons. The van der Waals surface area contributed by atoms with Gasteiger partial charge in [0.05, 0.1) is 5.02 Å². The highest BCUT2D eigenvalue weighted by molar-refractivity contribution is 6.42. The minimum absolute atomic E-state index is 0.351. The van der Waals surface area contributed by atoms with E-state index in [1.807, 2.05) is 0 Å². The lowest BCUT2D eigenvalue weighted by molar-refractivity contribution is 0.353. The van der Waals surface area contributed by atoms with Crippen LogP contribution in [-0.4, -0.2) is 12.5 Å². The maximum atomic E-state index is 5.90. The molecule has 0 saturated heterocycles. The third kappa shape index (κ3) is 3.09. The van der Waals surface area contributed by atoms with Gasteiger partial charge in [-0.15, -0.1) is 11.6 Å². The molecule has 0 aromatic heterocycles. The van der Waals surface area contributed by atoms with Gasteiger partial charge < -0.3 is 4.74 Å². The fraction of sp³-hybridized carbons (Fsp3) is 0.200. The minimum atomic E-state index is 0.351. The van der Waals surface area contributed by atoms with Crippen LogP contribution in [0.15, 0.2) is 30.4 Å². The summed E-state index contributed by atoms with van der Waals surface area (Å²) in [4.78, 5) is 0. The quantitative estimate of drug-likeness (QED) is 0.576. The van der Waals surface area contributed by atoms with Crippen LogP contribution >= 0.6 is 34.8 Å². The Hall–Kier alpha value is -0.370. The van der Waals surface area contributed by atoms with Gasteiger partial charge in [-0.25, -0.2) is 0 Å². The van der Waals surface area contributed by atoms with Crippen molar-refractivity contribution in [1.82, 2.24) is 0 Å². The van der Waals surface area contributed by atoms with E-state index in [9.17, 15) is 0 Å². The first-order valence-corrected chi connectivity index (χ1v) is 5.23. The van der Waals surface area contributed by atoms with Crippen molar-refractivity contribution in [2.45, 2.75) is 0 Å². The molecule has 0 N–H and O–H groups in total. The Morgan fingerprint density at radius 3 is 2.71 bits per heavy atom. The molecular formula is C10H9Cl3O. The Morgan fingerprint density at radius 1 is 1.36 bits per heavy atom. The monoisotopic (exact) mass is 250 g/mol. The van der Waals surface area contributed by atoms with Gasteiger partial charge in [0.15, 0.2) is 0 Å². The van der Waals surface area contributed by atoms with E-state index < -0.39 is 0 Å². The van der Waals surface area contributed by atoms with E-state index in [1.165, 1.54) is 0 Å². The van der Waals surface area contributed by atoms with Gasteiger partial charge in [0.2, 0.25) is 0 Å². The molecule has 0 amide bonds. The van der Waals surface area contributed by atoms with E-state index in [2.05, 4.69) is 6.58 Å². The van der Waals surface area contributed by atoms with Gasteiger partial charge in [-0.1, -0.05) is 35.8 Å². The molecule has 0 radical (unpaired) electrons. The summed E-state index contributed by atoms with van der Waals surface area (Å²) in [6.07, 6.45) is 0. The molecular weight excluding hydrogens is 242 g/mol. The maximum absolute atomic E-state index is 5.90. The zero-order chi connectivity index (χ0) is 10.6. The van der Waals surface area contributed by atoms with E-state index in [4.69, 9.17) is 39.5 Å². The van der Waals surface area contributed by atoms with E-state index in [0.717, 1.165) is 5.57 Å². The lowest BCUT2D eigenvalue weighted by atomic mass is 10.3. The van der Waals surface area contributed by atoms with Crippen LogP contribution in [0, 0.1) is 0 Å². The molecule has 0 unspecified atom stereocenters. The normalized spacial score (nSPS) is 9.93. The van der Waals surface area contributed by atoms with Crippen LogP contribution in [0.5, 0.6) is 5.75 Å². The first kappa shape index (κ1) is 11.7. The summed E-state index contributed by atoms with van der Waals surface area (Å²) in [6, 6.07) is 5.22. The molecule has 0 heterocycles. The Bertz CT molecular complexity index is 336. The molecule has 14 heavy (non-hydrogen) atoms. The van der Waals surface area contributed by atoms with Crippen molar-refractivity contribution in [3.8, 4) is 5.75 Å². The SMILES string of the molecule is C=C(CCl)COc1cccc(Cl)c1Cl. The first-order chi connectivity index (χ1) is 6.65. The lowest BCUT2D eigenvalue weighted by Gasteiger charge is -2.08. The van der Waals surface area contributed by atoms with Crippen molar-refractivity contribution in [2.75, 3.05) is 12.5 Å². The third-order valence-corrected chi connectivity index (χ3v) is 2.72. The molecule has 0 fully saturated rings. The molecule has 0 atom stereocenters. The average Bonchev–Trinajstić information content (AvgIpc) is 2.20. The molecule has 4 heteroatoms. The van der Waals surface area contributed by atoms with Crippen molar-refractivity contribution in [3.63, 3.8) is 0 Å². The molecule has 0 aliphatic carbocycles. The number of benzene rings is 1. The summed E-state index contributed by atoms with van der Waals surface area (Å²) in [5, 5.41) is 0.886. The second-order valence-electron chi connectivity index (χ2n) is 2.72. The summed E-state index contributed by atoms with van der Waals surface area (Å²) in [7, 11) is 0. The van der Waals surface area contributed by atoms with Crippen LogP contribution in [-0.2, 0) is 0 Å². The Balaban J connectivity index is 2.68. The predicted octanol–water partition coefficient (Wildman–Crippen LogP) is 4.17.